The van der Waals surface area contributed by atoms with Crippen LogP contribution in [0.15, 0.2) is 35.4 Å². The molecule has 1 aromatic carbocycles. The molecule has 3 aromatic rings. The second-order valence-corrected chi connectivity index (χ2v) is 9.32. The van der Waals surface area contributed by atoms with Crippen molar-refractivity contribution < 1.29 is 4.79 Å². The van der Waals surface area contributed by atoms with Crippen molar-refractivity contribution in [3.05, 3.63) is 46.5 Å². The quantitative estimate of drug-likeness (QED) is 0.672. The third kappa shape index (κ3) is 4.38. The summed E-state index contributed by atoms with van der Waals surface area (Å²) in [5.41, 5.74) is 2.16. The van der Waals surface area contributed by atoms with Gasteiger partial charge in [-0.1, -0.05) is 44.2 Å². The summed E-state index contributed by atoms with van der Waals surface area (Å²) in [6.45, 7) is 8.31. The first-order valence-corrected chi connectivity index (χ1v) is 11.2. The van der Waals surface area contributed by atoms with Gasteiger partial charge < -0.3 is 10.2 Å². The lowest BCUT2D eigenvalue weighted by Gasteiger charge is -2.30. The highest BCUT2D eigenvalue weighted by Crippen LogP contribution is 2.29. The predicted octanol–water partition coefficient (Wildman–Crippen LogP) is 3.85. The van der Waals surface area contributed by atoms with Gasteiger partial charge in [0.15, 0.2) is 10.8 Å². The zero-order valence-electron chi connectivity index (χ0n) is 17.6. The van der Waals surface area contributed by atoms with Crippen LogP contribution >= 0.6 is 11.3 Å². The number of aromatic nitrogens is 3. The monoisotopic (exact) mass is 425 g/mol. The number of benzene rings is 1. The van der Waals surface area contributed by atoms with Crippen molar-refractivity contribution in [2.75, 3.05) is 23.3 Å². The minimum Gasteiger partial charge on any atom is -0.348 e. The van der Waals surface area contributed by atoms with Gasteiger partial charge in [-0.15, -0.1) is 0 Å². The molecule has 1 aliphatic rings. The molecule has 2 aromatic heterocycles. The fourth-order valence-electron chi connectivity index (χ4n) is 3.75. The van der Waals surface area contributed by atoms with Gasteiger partial charge in [-0.25, -0.2) is 4.98 Å². The lowest BCUT2D eigenvalue weighted by Crippen LogP contribution is -2.34. The molecule has 1 amide bonds. The molecule has 0 radical (unpaired) electrons. The number of amides is 1. The summed E-state index contributed by atoms with van der Waals surface area (Å²) in [5.74, 6) is 0.794. The van der Waals surface area contributed by atoms with Crippen LogP contribution in [0, 0.1) is 5.92 Å². The van der Waals surface area contributed by atoms with E-state index in [1.54, 1.807) is 0 Å². The van der Waals surface area contributed by atoms with Crippen LogP contribution in [-0.4, -0.2) is 33.5 Å². The van der Waals surface area contributed by atoms with Gasteiger partial charge in [0, 0.05) is 18.8 Å². The third-order valence-electron chi connectivity index (χ3n) is 5.48. The molecule has 30 heavy (non-hydrogen) atoms. The summed E-state index contributed by atoms with van der Waals surface area (Å²) in [7, 11) is 0. The van der Waals surface area contributed by atoms with Crippen LogP contribution in [0.4, 0.5) is 10.8 Å². The van der Waals surface area contributed by atoms with Crippen molar-refractivity contribution in [3.63, 3.8) is 0 Å². The van der Waals surface area contributed by atoms with Gasteiger partial charge in [0.2, 0.25) is 5.91 Å². The first-order valence-electron chi connectivity index (χ1n) is 10.4. The summed E-state index contributed by atoms with van der Waals surface area (Å²) < 4.78 is 1.85. The van der Waals surface area contributed by atoms with Crippen molar-refractivity contribution in [1.82, 2.24) is 14.5 Å². The minimum absolute atomic E-state index is 0.0817. The standard InChI is InChI=1S/C22H27N5O2S/c1-14(2)16-6-8-17(9-7-16)24-18(28)12-27-13-23-20-19(21(27)29)30-22(25-20)26-10-4-5-15(3)11-26/h6-9,13-15H,4-5,10-12H2,1-3H3,(H,24,28)/t15-/m0/s1. The molecule has 8 heteroatoms. The summed E-state index contributed by atoms with van der Waals surface area (Å²) in [5, 5.41) is 3.69. The number of anilines is 2. The van der Waals surface area contributed by atoms with E-state index in [9.17, 15) is 9.59 Å². The third-order valence-corrected chi connectivity index (χ3v) is 6.57. The normalized spacial score (nSPS) is 16.9. The number of nitrogens with zero attached hydrogens (tertiary/aromatic N) is 4. The van der Waals surface area contributed by atoms with Gasteiger partial charge in [0.05, 0.1) is 0 Å². The van der Waals surface area contributed by atoms with E-state index >= 15 is 0 Å². The molecule has 7 nitrogen and oxygen atoms in total. The van der Waals surface area contributed by atoms with E-state index in [4.69, 9.17) is 0 Å². The number of hydrogen-bond donors (Lipinski definition) is 1. The Kier molecular flexibility index (Phi) is 5.85. The number of nitrogens with one attached hydrogen (secondary N) is 1. The number of piperidine rings is 1. The van der Waals surface area contributed by atoms with Crippen molar-refractivity contribution in [2.24, 2.45) is 5.92 Å². The number of fused-ring (bicyclic) bond motifs is 1. The number of carbonyl (C=O) groups excluding carboxylic acids is 1. The molecule has 0 saturated carbocycles. The molecule has 1 atom stereocenters. The van der Waals surface area contributed by atoms with Crippen molar-refractivity contribution in [2.45, 2.75) is 46.1 Å². The first-order chi connectivity index (χ1) is 14.4. The summed E-state index contributed by atoms with van der Waals surface area (Å²) >= 11 is 1.37. The Morgan fingerprint density at radius 3 is 2.77 bits per heavy atom. The van der Waals surface area contributed by atoms with Gasteiger partial charge in [0.1, 0.15) is 17.6 Å². The van der Waals surface area contributed by atoms with Crippen molar-refractivity contribution in [1.29, 1.82) is 0 Å². The van der Waals surface area contributed by atoms with Crippen molar-refractivity contribution in [3.8, 4) is 0 Å². The Balaban J connectivity index is 1.49. The SMILES string of the molecule is CC(C)c1ccc(NC(=O)Cn2cnc3nc(N4CCC[C@H](C)C4)sc3c2=O)cc1. The molecule has 4 rings (SSSR count). The van der Waals surface area contributed by atoms with Gasteiger partial charge >= 0.3 is 0 Å². The number of hydrogen-bond acceptors (Lipinski definition) is 6. The summed E-state index contributed by atoms with van der Waals surface area (Å²) in [4.78, 5) is 36.5. The van der Waals surface area contributed by atoms with E-state index in [0.717, 1.165) is 24.6 Å². The maximum absolute atomic E-state index is 12.9. The van der Waals surface area contributed by atoms with Crippen LogP contribution in [0.1, 0.15) is 45.1 Å². The van der Waals surface area contributed by atoms with Crippen LogP contribution < -0.4 is 15.8 Å². The average Bonchev–Trinajstić information content (AvgIpc) is 3.16. The Morgan fingerprint density at radius 2 is 2.07 bits per heavy atom. The van der Waals surface area contributed by atoms with E-state index in [1.165, 1.54) is 34.2 Å². The van der Waals surface area contributed by atoms with E-state index in [1.807, 2.05) is 24.3 Å². The highest BCUT2D eigenvalue weighted by molar-refractivity contribution is 7.22. The average molecular weight is 426 g/mol. The van der Waals surface area contributed by atoms with Crippen LogP contribution in [0.3, 0.4) is 0 Å². The predicted molar refractivity (Wildman–Crippen MR) is 121 cm³/mol. The van der Waals surface area contributed by atoms with E-state index in [-0.39, 0.29) is 18.0 Å². The smallest absolute Gasteiger partial charge is 0.273 e. The second kappa shape index (κ2) is 8.55. The highest BCUT2D eigenvalue weighted by Gasteiger charge is 2.21. The van der Waals surface area contributed by atoms with Gasteiger partial charge in [-0.3, -0.25) is 14.2 Å². The summed E-state index contributed by atoms with van der Waals surface area (Å²) in [6, 6.07) is 7.76. The lowest BCUT2D eigenvalue weighted by atomic mass is 10.0. The van der Waals surface area contributed by atoms with Gasteiger partial charge in [-0.2, -0.15) is 4.98 Å². The maximum atomic E-state index is 12.9. The van der Waals surface area contributed by atoms with E-state index < -0.39 is 0 Å². The molecule has 0 bridgehead atoms. The first kappa shape index (κ1) is 20.5. The number of thiazole rings is 1. The second-order valence-electron chi connectivity index (χ2n) is 8.35. The Labute approximate surface area is 179 Å². The topological polar surface area (TPSA) is 80.1 Å². The van der Waals surface area contributed by atoms with E-state index in [2.05, 4.69) is 41.0 Å². The highest BCUT2D eigenvalue weighted by atomic mass is 32.1. The van der Waals surface area contributed by atoms with Crippen LogP contribution in [0.25, 0.3) is 10.3 Å². The molecule has 0 unspecified atom stereocenters. The minimum atomic E-state index is -0.259. The van der Waals surface area contributed by atoms with Gasteiger partial charge in [-0.05, 0) is 42.4 Å². The largest absolute Gasteiger partial charge is 0.348 e. The van der Waals surface area contributed by atoms with Crippen LogP contribution in [0.2, 0.25) is 0 Å². The molecule has 0 spiro atoms. The van der Waals surface area contributed by atoms with Gasteiger partial charge in [0.25, 0.3) is 5.56 Å². The molecular weight excluding hydrogens is 398 g/mol. The molecule has 1 fully saturated rings. The lowest BCUT2D eigenvalue weighted by molar-refractivity contribution is -0.116. The molecule has 0 aliphatic carbocycles. The zero-order chi connectivity index (χ0) is 21.3. The Morgan fingerprint density at radius 1 is 1.30 bits per heavy atom. The molecule has 1 aliphatic heterocycles. The molecular formula is C22H27N5O2S. The zero-order valence-corrected chi connectivity index (χ0v) is 18.4. The number of rotatable bonds is 5. The van der Waals surface area contributed by atoms with Crippen LogP contribution in [0.5, 0.6) is 0 Å². The van der Waals surface area contributed by atoms with E-state index in [0.29, 0.717) is 27.9 Å². The molecule has 158 valence electrons. The van der Waals surface area contributed by atoms with Crippen LogP contribution in [-0.2, 0) is 11.3 Å². The maximum Gasteiger partial charge on any atom is 0.273 e. The fraction of sp³-hybridized carbons (Fsp3) is 0.455. The fourth-order valence-corrected chi connectivity index (χ4v) is 4.76. The summed E-state index contributed by atoms with van der Waals surface area (Å²) in [6.07, 6.45) is 3.77. The molecule has 1 N–H and O–H groups in total. The Hall–Kier alpha value is -2.74. The molecule has 3 heterocycles. The number of carbonyl (C=O) groups is 1. The van der Waals surface area contributed by atoms with Crippen molar-refractivity contribution >= 4 is 38.4 Å². The Bertz CT molecular complexity index is 1100. The molecule has 1 saturated heterocycles.